The Bertz CT molecular complexity index is 882. The predicted octanol–water partition coefficient (Wildman–Crippen LogP) is 4.08. The summed E-state index contributed by atoms with van der Waals surface area (Å²) >= 11 is 0. The number of halogens is 3. The molecule has 1 saturated carbocycles. The Kier molecular flexibility index (Phi) is 3.57. The molecular weight excluding hydrogens is 315 g/mol. The van der Waals surface area contributed by atoms with Crippen LogP contribution >= 0.6 is 0 Å². The van der Waals surface area contributed by atoms with Gasteiger partial charge in [-0.15, -0.1) is 0 Å². The molecule has 4 rings (SSSR count). The molecule has 1 N–H and O–H groups in total. The van der Waals surface area contributed by atoms with Gasteiger partial charge in [0.2, 0.25) is 0 Å². The molecule has 124 valence electrons. The number of nitrogens with zero attached hydrogens (tertiary/aromatic N) is 2. The topological polar surface area (TPSA) is 29.9 Å². The quantitative estimate of drug-likeness (QED) is 0.781. The molecule has 0 aliphatic heterocycles. The predicted molar refractivity (Wildman–Crippen MR) is 84.7 cm³/mol. The van der Waals surface area contributed by atoms with Gasteiger partial charge in [-0.25, -0.2) is 18.2 Å². The highest BCUT2D eigenvalue weighted by Crippen LogP contribution is 2.41. The van der Waals surface area contributed by atoms with Crippen molar-refractivity contribution in [3.63, 3.8) is 0 Å². The third-order valence-corrected chi connectivity index (χ3v) is 4.85. The lowest BCUT2D eigenvalue weighted by atomic mass is 9.72. The summed E-state index contributed by atoms with van der Waals surface area (Å²) in [5, 5.41) is 3.48. The maximum Gasteiger partial charge on any atom is 0.161 e. The molecule has 0 spiro atoms. The van der Waals surface area contributed by atoms with E-state index in [4.69, 9.17) is 0 Å². The van der Waals surface area contributed by atoms with E-state index < -0.39 is 11.6 Å². The fourth-order valence-electron chi connectivity index (χ4n) is 3.28. The highest BCUT2D eigenvalue weighted by Gasteiger charge is 2.38. The van der Waals surface area contributed by atoms with Gasteiger partial charge in [0.1, 0.15) is 5.82 Å². The molecule has 1 aromatic heterocycles. The number of fused-ring (bicyclic) bond motifs is 1. The van der Waals surface area contributed by atoms with Gasteiger partial charge in [-0.3, -0.25) is 5.32 Å². The molecule has 0 radical (unpaired) electrons. The number of rotatable bonds is 4. The average Bonchev–Trinajstić information content (AvgIpc) is 2.90. The summed E-state index contributed by atoms with van der Waals surface area (Å²) in [6, 6.07) is 8.76. The molecule has 24 heavy (non-hydrogen) atoms. The number of hydrogen-bond acceptors (Lipinski definition) is 2. The van der Waals surface area contributed by atoms with Crippen molar-refractivity contribution in [1.82, 2.24) is 14.9 Å². The van der Waals surface area contributed by atoms with E-state index in [0.29, 0.717) is 17.7 Å². The Labute approximate surface area is 137 Å². The molecule has 0 unspecified atom stereocenters. The van der Waals surface area contributed by atoms with Gasteiger partial charge >= 0.3 is 0 Å². The van der Waals surface area contributed by atoms with Crippen molar-refractivity contribution < 1.29 is 13.2 Å². The average molecular weight is 331 g/mol. The summed E-state index contributed by atoms with van der Waals surface area (Å²) in [5.41, 5.74) is 1.79. The van der Waals surface area contributed by atoms with E-state index in [1.807, 2.05) is 0 Å². The maximum absolute atomic E-state index is 13.5. The smallest absolute Gasteiger partial charge is 0.161 e. The summed E-state index contributed by atoms with van der Waals surface area (Å²) in [6.45, 7) is 0.416. The number of aromatic nitrogens is 2. The third kappa shape index (κ3) is 2.47. The second-order valence-corrected chi connectivity index (χ2v) is 6.25. The van der Waals surface area contributed by atoms with Crippen LogP contribution in [0.25, 0.3) is 11.0 Å². The van der Waals surface area contributed by atoms with Crippen LogP contribution in [0.15, 0.2) is 42.7 Å². The summed E-state index contributed by atoms with van der Waals surface area (Å²) in [4.78, 5) is 4.12. The van der Waals surface area contributed by atoms with Gasteiger partial charge in [0.25, 0.3) is 0 Å². The normalized spacial score (nSPS) is 16.3. The van der Waals surface area contributed by atoms with Crippen molar-refractivity contribution in [2.24, 2.45) is 0 Å². The van der Waals surface area contributed by atoms with Crippen molar-refractivity contribution in [2.45, 2.75) is 31.5 Å². The molecule has 1 fully saturated rings. The Morgan fingerprint density at radius 2 is 1.75 bits per heavy atom. The Hall–Kier alpha value is -2.34. The molecule has 0 bridgehead atoms. The van der Waals surface area contributed by atoms with E-state index in [2.05, 4.69) is 10.3 Å². The minimum absolute atomic E-state index is 0.205. The standard InChI is InChI=1S/C18H16F3N3/c19-13-4-2-12(3-5-13)18(6-1-7-18)23-11-24-10-22-16-8-14(20)15(21)9-17(16)24/h2-5,8-10,23H,1,6-7,11H2. The highest BCUT2D eigenvalue weighted by atomic mass is 19.2. The zero-order chi connectivity index (χ0) is 16.7. The minimum atomic E-state index is -0.900. The van der Waals surface area contributed by atoms with E-state index in [1.54, 1.807) is 23.0 Å². The molecule has 0 saturated heterocycles. The lowest BCUT2D eigenvalue weighted by Crippen LogP contribution is -2.48. The largest absolute Gasteiger partial charge is 0.317 e. The molecule has 1 aliphatic carbocycles. The van der Waals surface area contributed by atoms with Gasteiger partial charge in [0.15, 0.2) is 11.6 Å². The van der Waals surface area contributed by atoms with Crippen LogP contribution in [0.1, 0.15) is 24.8 Å². The maximum atomic E-state index is 13.5. The van der Waals surface area contributed by atoms with Crippen molar-refractivity contribution in [3.8, 4) is 0 Å². The van der Waals surface area contributed by atoms with Gasteiger partial charge < -0.3 is 4.57 Å². The molecule has 3 nitrogen and oxygen atoms in total. The highest BCUT2D eigenvalue weighted by molar-refractivity contribution is 5.75. The molecular formula is C18H16F3N3. The van der Waals surface area contributed by atoms with Crippen LogP contribution in [0.3, 0.4) is 0 Å². The van der Waals surface area contributed by atoms with Gasteiger partial charge in [-0.2, -0.15) is 0 Å². The SMILES string of the molecule is Fc1ccc(C2(NCn3cnc4cc(F)c(F)cc43)CCC2)cc1. The van der Waals surface area contributed by atoms with Crippen LogP contribution in [-0.2, 0) is 12.2 Å². The molecule has 0 amide bonds. The molecule has 2 aromatic carbocycles. The second kappa shape index (κ2) is 5.63. The molecule has 1 aliphatic rings. The fraction of sp³-hybridized carbons (Fsp3) is 0.278. The van der Waals surface area contributed by atoms with Crippen LogP contribution in [0.2, 0.25) is 0 Å². The van der Waals surface area contributed by atoms with E-state index in [-0.39, 0.29) is 11.4 Å². The van der Waals surface area contributed by atoms with Gasteiger partial charge in [0, 0.05) is 17.7 Å². The van der Waals surface area contributed by atoms with Crippen molar-refractivity contribution in [3.05, 3.63) is 65.7 Å². The molecule has 6 heteroatoms. The van der Waals surface area contributed by atoms with Crippen molar-refractivity contribution in [2.75, 3.05) is 0 Å². The van der Waals surface area contributed by atoms with Gasteiger partial charge in [-0.05, 0) is 37.0 Å². The number of nitrogens with one attached hydrogen (secondary N) is 1. The summed E-state index contributed by atoms with van der Waals surface area (Å²) < 4.78 is 41.7. The molecule has 1 heterocycles. The number of hydrogen-bond donors (Lipinski definition) is 1. The second-order valence-electron chi connectivity index (χ2n) is 6.25. The van der Waals surface area contributed by atoms with Gasteiger partial charge in [-0.1, -0.05) is 12.1 Å². The monoisotopic (exact) mass is 331 g/mol. The van der Waals surface area contributed by atoms with Crippen LogP contribution in [0.4, 0.5) is 13.2 Å². The lowest BCUT2D eigenvalue weighted by molar-refractivity contribution is 0.171. The van der Waals surface area contributed by atoms with E-state index in [0.717, 1.165) is 37.0 Å². The first-order chi connectivity index (χ1) is 11.6. The Balaban J connectivity index is 1.59. The van der Waals surface area contributed by atoms with Crippen LogP contribution in [0.5, 0.6) is 0 Å². The Morgan fingerprint density at radius 1 is 1.04 bits per heavy atom. The van der Waals surface area contributed by atoms with Crippen molar-refractivity contribution in [1.29, 1.82) is 0 Å². The zero-order valence-electron chi connectivity index (χ0n) is 12.9. The first-order valence-corrected chi connectivity index (χ1v) is 7.88. The summed E-state index contributed by atoms with van der Waals surface area (Å²) in [7, 11) is 0. The van der Waals surface area contributed by atoms with Crippen LogP contribution < -0.4 is 5.32 Å². The fourth-order valence-corrected chi connectivity index (χ4v) is 3.28. The van der Waals surface area contributed by atoms with Crippen molar-refractivity contribution >= 4 is 11.0 Å². The van der Waals surface area contributed by atoms with E-state index in [9.17, 15) is 13.2 Å². The molecule has 3 aromatic rings. The number of benzene rings is 2. The van der Waals surface area contributed by atoms with E-state index >= 15 is 0 Å². The molecule has 0 atom stereocenters. The van der Waals surface area contributed by atoms with Gasteiger partial charge in [0.05, 0.1) is 24.0 Å². The summed E-state index contributed by atoms with van der Waals surface area (Å²) in [6.07, 6.45) is 4.56. The zero-order valence-corrected chi connectivity index (χ0v) is 12.9. The minimum Gasteiger partial charge on any atom is -0.317 e. The first kappa shape index (κ1) is 15.2. The van der Waals surface area contributed by atoms with E-state index in [1.165, 1.54) is 12.1 Å². The third-order valence-electron chi connectivity index (χ3n) is 4.85. The van der Waals surface area contributed by atoms with Crippen LogP contribution in [0, 0.1) is 17.5 Å². The first-order valence-electron chi connectivity index (χ1n) is 7.88. The lowest BCUT2D eigenvalue weighted by Gasteiger charge is -2.43. The Morgan fingerprint density at radius 3 is 2.42 bits per heavy atom. The number of imidazole rings is 1. The summed E-state index contributed by atoms with van der Waals surface area (Å²) in [5.74, 6) is -2.05. The van der Waals surface area contributed by atoms with Crippen LogP contribution in [-0.4, -0.2) is 9.55 Å².